The fraction of sp³-hybridized carbons (Fsp3) is 0.667. The molecule has 0 aromatic rings. The topological polar surface area (TPSA) is 89.7 Å². The summed E-state index contributed by atoms with van der Waals surface area (Å²) in [6.07, 6.45) is 0.123. The number of carbonyl (C=O) groups excluding carboxylic acids is 3. The molecule has 0 spiro atoms. The van der Waals surface area contributed by atoms with Crippen LogP contribution in [0.2, 0.25) is 0 Å². The van der Waals surface area contributed by atoms with Crippen molar-refractivity contribution in [1.29, 1.82) is 0 Å². The van der Waals surface area contributed by atoms with Crippen molar-refractivity contribution in [3.8, 4) is 0 Å². The second-order valence-corrected chi connectivity index (χ2v) is 3.43. The minimum absolute atomic E-state index is 0.123. The largest absolute Gasteiger partial charge is 0.371 e. The summed E-state index contributed by atoms with van der Waals surface area (Å²) in [7, 11) is 0. The Labute approximate surface area is 87.4 Å². The van der Waals surface area contributed by atoms with Crippen molar-refractivity contribution in [3.05, 3.63) is 0 Å². The van der Waals surface area contributed by atoms with E-state index in [1.165, 1.54) is 6.92 Å². The van der Waals surface area contributed by atoms with Gasteiger partial charge in [-0.25, -0.2) is 0 Å². The molecule has 2 amide bonds. The number of amides is 2. The fourth-order valence-electron chi connectivity index (χ4n) is 1.15. The van der Waals surface area contributed by atoms with E-state index in [4.69, 9.17) is 10.5 Å². The van der Waals surface area contributed by atoms with Crippen LogP contribution >= 0.6 is 0 Å². The number of nitrogens with zero attached hydrogens (tertiary/aromatic N) is 1. The summed E-state index contributed by atoms with van der Waals surface area (Å²) in [5.74, 6) is -1.20. The number of hydrogen-bond acceptors (Lipinski definition) is 5. The van der Waals surface area contributed by atoms with Crippen LogP contribution in [0.3, 0.4) is 0 Å². The molecule has 0 saturated carbocycles. The van der Waals surface area contributed by atoms with Crippen molar-refractivity contribution in [3.63, 3.8) is 0 Å². The molecule has 1 fully saturated rings. The lowest BCUT2D eigenvalue weighted by atomic mass is 10.2. The van der Waals surface area contributed by atoms with Crippen LogP contribution in [-0.4, -0.2) is 48.3 Å². The Morgan fingerprint density at radius 2 is 2.20 bits per heavy atom. The SMILES string of the molecule is CC(N)C(=O)CN1C(=O)CCOCC1=O. The van der Waals surface area contributed by atoms with Gasteiger partial charge in [0, 0.05) is 0 Å². The Hall–Kier alpha value is -1.27. The summed E-state index contributed by atoms with van der Waals surface area (Å²) >= 11 is 0. The molecule has 6 heteroatoms. The first-order valence-corrected chi connectivity index (χ1v) is 4.71. The van der Waals surface area contributed by atoms with Gasteiger partial charge < -0.3 is 10.5 Å². The van der Waals surface area contributed by atoms with Crippen LogP contribution in [0.1, 0.15) is 13.3 Å². The molecular formula is C9H14N2O4. The lowest BCUT2D eigenvalue weighted by Gasteiger charge is -2.17. The molecule has 0 radical (unpaired) electrons. The second kappa shape index (κ2) is 4.99. The Balaban J connectivity index is 2.67. The quantitative estimate of drug-likeness (QED) is 0.588. The summed E-state index contributed by atoms with van der Waals surface area (Å²) in [6.45, 7) is 1.33. The number of ketones is 1. The third kappa shape index (κ3) is 3.10. The minimum Gasteiger partial charge on any atom is -0.371 e. The maximum Gasteiger partial charge on any atom is 0.255 e. The fourth-order valence-corrected chi connectivity index (χ4v) is 1.15. The van der Waals surface area contributed by atoms with Crippen LogP contribution in [0, 0.1) is 0 Å². The summed E-state index contributed by atoms with van der Waals surface area (Å²) in [4.78, 5) is 35.0. The van der Waals surface area contributed by atoms with Crippen molar-refractivity contribution >= 4 is 17.6 Å². The lowest BCUT2D eigenvalue weighted by Crippen LogP contribution is -2.44. The van der Waals surface area contributed by atoms with Crippen LogP contribution in [0.25, 0.3) is 0 Å². The van der Waals surface area contributed by atoms with E-state index in [0.717, 1.165) is 4.90 Å². The highest BCUT2D eigenvalue weighted by Gasteiger charge is 2.27. The molecule has 15 heavy (non-hydrogen) atoms. The van der Waals surface area contributed by atoms with E-state index in [9.17, 15) is 14.4 Å². The standard InChI is InChI=1S/C9H14N2O4/c1-6(10)7(12)4-11-8(13)2-3-15-5-9(11)14/h6H,2-5,10H2,1H3. The van der Waals surface area contributed by atoms with Gasteiger partial charge in [0.05, 0.1) is 25.6 Å². The van der Waals surface area contributed by atoms with Crippen LogP contribution in [-0.2, 0) is 19.1 Å². The van der Waals surface area contributed by atoms with Crippen molar-refractivity contribution in [2.45, 2.75) is 19.4 Å². The monoisotopic (exact) mass is 214 g/mol. The van der Waals surface area contributed by atoms with E-state index in [1.54, 1.807) is 0 Å². The van der Waals surface area contributed by atoms with E-state index in [1.807, 2.05) is 0 Å². The molecule has 1 rings (SSSR count). The van der Waals surface area contributed by atoms with Gasteiger partial charge in [0.2, 0.25) is 5.91 Å². The van der Waals surface area contributed by atoms with Crippen molar-refractivity contribution < 1.29 is 19.1 Å². The van der Waals surface area contributed by atoms with Gasteiger partial charge in [0.25, 0.3) is 5.91 Å². The first kappa shape index (κ1) is 11.8. The number of hydrogen-bond donors (Lipinski definition) is 1. The number of imide groups is 1. The van der Waals surface area contributed by atoms with Crippen molar-refractivity contribution in [2.75, 3.05) is 19.8 Å². The smallest absolute Gasteiger partial charge is 0.255 e. The van der Waals surface area contributed by atoms with E-state index >= 15 is 0 Å². The van der Waals surface area contributed by atoms with Crippen LogP contribution in [0.15, 0.2) is 0 Å². The highest BCUT2D eigenvalue weighted by atomic mass is 16.5. The first-order chi connectivity index (χ1) is 7.02. The van der Waals surface area contributed by atoms with E-state index in [2.05, 4.69) is 0 Å². The third-order valence-electron chi connectivity index (χ3n) is 2.11. The molecule has 6 nitrogen and oxygen atoms in total. The molecule has 0 bridgehead atoms. The predicted molar refractivity (Wildman–Crippen MR) is 50.8 cm³/mol. The number of ether oxygens (including phenoxy) is 1. The van der Waals surface area contributed by atoms with Crippen LogP contribution in [0.4, 0.5) is 0 Å². The van der Waals surface area contributed by atoms with Gasteiger partial charge >= 0.3 is 0 Å². The minimum atomic E-state index is -0.672. The molecule has 0 aromatic carbocycles. The van der Waals surface area contributed by atoms with Crippen LogP contribution < -0.4 is 5.73 Å². The second-order valence-electron chi connectivity index (χ2n) is 3.43. The summed E-state index contributed by atoms with van der Waals surface area (Å²) in [5, 5.41) is 0. The van der Waals surface area contributed by atoms with Gasteiger partial charge in [-0.05, 0) is 6.92 Å². The average molecular weight is 214 g/mol. The summed E-state index contributed by atoms with van der Waals surface area (Å²) in [6, 6.07) is -0.672. The van der Waals surface area contributed by atoms with Crippen molar-refractivity contribution in [1.82, 2.24) is 4.90 Å². The maximum atomic E-state index is 11.4. The zero-order valence-corrected chi connectivity index (χ0v) is 8.56. The Bertz CT molecular complexity index is 270. The Morgan fingerprint density at radius 3 is 2.80 bits per heavy atom. The molecule has 1 aliphatic rings. The third-order valence-corrected chi connectivity index (χ3v) is 2.11. The van der Waals surface area contributed by atoms with Gasteiger partial charge in [0.15, 0.2) is 5.78 Å². The highest BCUT2D eigenvalue weighted by molar-refractivity contribution is 6.01. The molecule has 1 heterocycles. The molecule has 84 valence electrons. The number of nitrogens with two attached hydrogens (primary N) is 1. The number of carbonyl (C=O) groups is 3. The normalized spacial score (nSPS) is 20.0. The average Bonchev–Trinajstić information content (AvgIpc) is 2.32. The molecule has 0 aromatic heterocycles. The molecule has 2 N–H and O–H groups in total. The molecule has 1 saturated heterocycles. The maximum absolute atomic E-state index is 11.4. The summed E-state index contributed by atoms with van der Waals surface area (Å²) < 4.78 is 4.89. The highest BCUT2D eigenvalue weighted by Crippen LogP contribution is 2.03. The van der Waals surface area contributed by atoms with Gasteiger partial charge in [-0.1, -0.05) is 0 Å². The molecule has 1 atom stereocenters. The summed E-state index contributed by atoms with van der Waals surface area (Å²) in [5.41, 5.74) is 5.35. The van der Waals surface area contributed by atoms with Crippen LogP contribution in [0.5, 0.6) is 0 Å². The molecule has 1 unspecified atom stereocenters. The zero-order chi connectivity index (χ0) is 11.4. The first-order valence-electron chi connectivity index (χ1n) is 4.71. The van der Waals surface area contributed by atoms with Gasteiger partial charge in [-0.2, -0.15) is 0 Å². The number of rotatable bonds is 3. The van der Waals surface area contributed by atoms with Gasteiger partial charge in [0.1, 0.15) is 6.61 Å². The Kier molecular flexibility index (Phi) is 3.93. The predicted octanol–water partition coefficient (Wildman–Crippen LogP) is -1.32. The lowest BCUT2D eigenvalue weighted by molar-refractivity contribution is -0.147. The van der Waals surface area contributed by atoms with Gasteiger partial charge in [-0.15, -0.1) is 0 Å². The van der Waals surface area contributed by atoms with Crippen molar-refractivity contribution in [2.24, 2.45) is 5.73 Å². The molecule has 1 aliphatic heterocycles. The van der Waals surface area contributed by atoms with E-state index in [0.29, 0.717) is 0 Å². The number of Topliss-reactive ketones (excluding diaryl/α,β-unsaturated/α-hetero) is 1. The van der Waals surface area contributed by atoms with Gasteiger partial charge in [-0.3, -0.25) is 19.3 Å². The molecular weight excluding hydrogens is 200 g/mol. The molecule has 0 aliphatic carbocycles. The zero-order valence-electron chi connectivity index (χ0n) is 8.56. The Morgan fingerprint density at radius 1 is 1.53 bits per heavy atom. The van der Waals surface area contributed by atoms with E-state index in [-0.39, 0.29) is 37.9 Å². The van der Waals surface area contributed by atoms with E-state index < -0.39 is 11.9 Å².